The molecule has 0 saturated heterocycles. The molecular formula is C45H79NO7. The van der Waals surface area contributed by atoms with Gasteiger partial charge in [0.2, 0.25) is 0 Å². The van der Waals surface area contributed by atoms with Gasteiger partial charge >= 0.3 is 11.9 Å². The van der Waals surface area contributed by atoms with Crippen molar-refractivity contribution in [2.45, 2.75) is 180 Å². The van der Waals surface area contributed by atoms with Gasteiger partial charge in [0, 0.05) is 19.3 Å². The number of nitrogens with zero attached hydrogens (tertiary/aromatic N) is 1. The van der Waals surface area contributed by atoms with Crippen molar-refractivity contribution < 1.29 is 38.2 Å². The number of carbonyl (C=O) groups is 3. The van der Waals surface area contributed by atoms with Crippen molar-refractivity contribution in [3.63, 3.8) is 0 Å². The highest BCUT2D eigenvalue weighted by Gasteiger charge is 2.25. The van der Waals surface area contributed by atoms with Crippen LogP contribution in [0, 0.1) is 0 Å². The van der Waals surface area contributed by atoms with E-state index in [1.807, 2.05) is 0 Å². The summed E-state index contributed by atoms with van der Waals surface area (Å²) in [6.45, 7) is 4.48. The van der Waals surface area contributed by atoms with Gasteiger partial charge in [0.15, 0.2) is 6.10 Å². The lowest BCUT2D eigenvalue weighted by Gasteiger charge is -2.34. The number of carbonyl (C=O) groups excluding carboxylic acids is 3. The second-order valence-electron chi connectivity index (χ2n) is 15.2. The van der Waals surface area contributed by atoms with Crippen LogP contribution >= 0.6 is 0 Å². The number of aliphatic carboxylic acids is 1. The molecule has 8 heteroatoms. The number of esters is 2. The van der Waals surface area contributed by atoms with Gasteiger partial charge < -0.3 is 28.6 Å². The van der Waals surface area contributed by atoms with E-state index in [1.165, 1.54) is 51.4 Å². The molecular weight excluding hydrogens is 666 g/mol. The van der Waals surface area contributed by atoms with E-state index in [1.54, 1.807) is 21.1 Å². The monoisotopic (exact) mass is 746 g/mol. The number of rotatable bonds is 37. The molecule has 0 fully saturated rings. The number of carboxylic acid groups (broad SMARTS) is 1. The van der Waals surface area contributed by atoms with Gasteiger partial charge in [-0.2, -0.15) is 0 Å². The summed E-state index contributed by atoms with van der Waals surface area (Å²) in [5.41, 5.74) is 0. The van der Waals surface area contributed by atoms with E-state index >= 15 is 0 Å². The predicted octanol–water partition coefficient (Wildman–Crippen LogP) is 9.91. The molecule has 8 nitrogen and oxygen atoms in total. The van der Waals surface area contributed by atoms with Crippen molar-refractivity contribution in [3.05, 3.63) is 48.6 Å². The highest BCUT2D eigenvalue weighted by Crippen LogP contribution is 2.14. The standard InChI is InChI=1S/C45H79NO7/c1-6-8-10-12-14-16-18-19-20-21-22-23-24-25-26-28-30-32-34-36-44(48)53-41(39-51-38-37-42(45(49)50)46(3,4)5)40-52-43(47)35-33-31-29-27-17-15-13-11-9-7-2/h8,10,13-16,19-20,41-42H,6-7,9,11-12,17-18,21-40H2,1-5H3/b10-8+,15-13+,16-14+,20-19+. The van der Waals surface area contributed by atoms with Crippen LogP contribution in [0.5, 0.6) is 0 Å². The van der Waals surface area contributed by atoms with Crippen molar-refractivity contribution in [3.8, 4) is 0 Å². The smallest absolute Gasteiger partial charge is 0.306 e. The minimum atomic E-state index is -1.13. The number of hydrogen-bond donors (Lipinski definition) is 0. The Morgan fingerprint density at radius 1 is 0.585 bits per heavy atom. The Balaban J connectivity index is 4.33. The molecule has 0 aliphatic heterocycles. The highest BCUT2D eigenvalue weighted by molar-refractivity contribution is 5.70. The lowest BCUT2D eigenvalue weighted by molar-refractivity contribution is -0.889. The Kier molecular flexibility index (Phi) is 34.4. The molecule has 2 unspecified atom stereocenters. The molecule has 0 heterocycles. The van der Waals surface area contributed by atoms with Crippen LogP contribution in [0.15, 0.2) is 48.6 Å². The zero-order valence-corrected chi connectivity index (χ0v) is 34.7. The van der Waals surface area contributed by atoms with Gasteiger partial charge in [-0.3, -0.25) is 9.59 Å². The van der Waals surface area contributed by atoms with Crippen LogP contribution in [0.4, 0.5) is 0 Å². The quantitative estimate of drug-likeness (QED) is 0.0270. The van der Waals surface area contributed by atoms with Crippen LogP contribution in [-0.2, 0) is 28.6 Å². The Bertz CT molecular complexity index is 1010. The maximum Gasteiger partial charge on any atom is 0.306 e. The SMILES string of the molecule is CC/C=C/C/C=C/C/C=C/CCCCCCCCCCCC(=O)OC(COCCC(C(=O)[O-])[N+](C)(C)C)COC(=O)CCCCCC/C=C/CCCC. The van der Waals surface area contributed by atoms with E-state index in [9.17, 15) is 19.5 Å². The van der Waals surface area contributed by atoms with Crippen molar-refractivity contribution >= 4 is 17.9 Å². The number of unbranched alkanes of at least 4 members (excludes halogenated alkanes) is 15. The van der Waals surface area contributed by atoms with E-state index in [0.717, 1.165) is 83.5 Å². The summed E-state index contributed by atoms with van der Waals surface area (Å²) in [4.78, 5) is 36.7. The Labute approximate surface area is 325 Å². The van der Waals surface area contributed by atoms with E-state index in [2.05, 4.69) is 62.5 Å². The number of likely N-dealkylation sites (N-methyl/N-ethyl adjacent to an activating group) is 1. The summed E-state index contributed by atoms with van der Waals surface area (Å²) in [6, 6.07) is -0.728. The first-order valence-corrected chi connectivity index (χ1v) is 21.2. The third-order valence-corrected chi connectivity index (χ3v) is 9.20. The van der Waals surface area contributed by atoms with Crippen molar-refractivity contribution in [1.82, 2.24) is 0 Å². The van der Waals surface area contributed by atoms with E-state index in [-0.39, 0.29) is 42.7 Å². The lowest BCUT2D eigenvalue weighted by Crippen LogP contribution is -2.55. The maximum absolute atomic E-state index is 12.7. The second-order valence-corrected chi connectivity index (χ2v) is 15.2. The predicted molar refractivity (Wildman–Crippen MR) is 217 cm³/mol. The molecule has 0 spiro atoms. The van der Waals surface area contributed by atoms with E-state index in [4.69, 9.17) is 14.2 Å². The van der Waals surface area contributed by atoms with Gasteiger partial charge in [0.25, 0.3) is 0 Å². The Morgan fingerprint density at radius 2 is 1.06 bits per heavy atom. The molecule has 0 saturated carbocycles. The van der Waals surface area contributed by atoms with Crippen LogP contribution < -0.4 is 5.11 Å². The minimum absolute atomic E-state index is 0.0343. The van der Waals surface area contributed by atoms with E-state index < -0.39 is 18.1 Å². The second kappa shape index (κ2) is 36.3. The molecule has 0 amide bonds. The first-order chi connectivity index (χ1) is 25.6. The molecule has 53 heavy (non-hydrogen) atoms. The summed E-state index contributed by atoms with van der Waals surface area (Å²) in [7, 11) is 5.39. The van der Waals surface area contributed by atoms with E-state index in [0.29, 0.717) is 12.8 Å². The van der Waals surface area contributed by atoms with Crippen molar-refractivity contribution in [1.29, 1.82) is 0 Å². The summed E-state index contributed by atoms with van der Waals surface area (Å²) in [6.07, 6.45) is 41.4. The zero-order valence-electron chi connectivity index (χ0n) is 34.7. The molecule has 0 aromatic carbocycles. The summed E-state index contributed by atoms with van der Waals surface area (Å²) in [5.74, 6) is -1.76. The third-order valence-electron chi connectivity index (χ3n) is 9.20. The van der Waals surface area contributed by atoms with Crippen molar-refractivity contribution in [2.24, 2.45) is 0 Å². The number of ether oxygens (including phenoxy) is 3. The van der Waals surface area contributed by atoms with Crippen LogP contribution in [0.25, 0.3) is 0 Å². The largest absolute Gasteiger partial charge is 0.544 e. The molecule has 0 bridgehead atoms. The van der Waals surface area contributed by atoms with Gasteiger partial charge in [-0.05, 0) is 64.2 Å². The van der Waals surface area contributed by atoms with Crippen molar-refractivity contribution in [2.75, 3.05) is 41.0 Å². The van der Waals surface area contributed by atoms with Gasteiger partial charge in [-0.1, -0.05) is 133 Å². The number of allylic oxidation sites excluding steroid dienone is 8. The molecule has 0 radical (unpaired) electrons. The average molecular weight is 746 g/mol. The Morgan fingerprint density at radius 3 is 1.58 bits per heavy atom. The maximum atomic E-state index is 12.7. The topological polar surface area (TPSA) is 102 Å². The van der Waals surface area contributed by atoms with Crippen LogP contribution in [0.2, 0.25) is 0 Å². The summed E-state index contributed by atoms with van der Waals surface area (Å²) >= 11 is 0. The lowest BCUT2D eigenvalue weighted by atomic mass is 10.1. The zero-order chi connectivity index (χ0) is 39.3. The number of hydrogen-bond acceptors (Lipinski definition) is 7. The molecule has 0 aromatic rings. The van der Waals surface area contributed by atoms with Gasteiger partial charge in [0.05, 0.1) is 40.3 Å². The highest BCUT2D eigenvalue weighted by atomic mass is 16.6. The molecule has 0 aliphatic rings. The first-order valence-electron chi connectivity index (χ1n) is 21.2. The average Bonchev–Trinajstić information content (AvgIpc) is 3.11. The number of quaternary nitrogens is 1. The molecule has 306 valence electrons. The Hall–Kier alpha value is -2.71. The molecule has 0 aliphatic carbocycles. The van der Waals surface area contributed by atoms with Crippen LogP contribution in [-0.4, -0.2) is 75.5 Å². The minimum Gasteiger partial charge on any atom is -0.544 e. The molecule has 0 N–H and O–H groups in total. The fourth-order valence-corrected chi connectivity index (χ4v) is 5.89. The first kappa shape index (κ1) is 50.3. The van der Waals surface area contributed by atoms with Crippen LogP contribution in [0.3, 0.4) is 0 Å². The normalized spacial score (nSPS) is 13.5. The molecule has 0 aromatic heterocycles. The van der Waals surface area contributed by atoms with Gasteiger partial charge in [-0.15, -0.1) is 0 Å². The summed E-state index contributed by atoms with van der Waals surface area (Å²) < 4.78 is 17.1. The third kappa shape index (κ3) is 34.8. The van der Waals surface area contributed by atoms with Crippen LogP contribution in [0.1, 0.15) is 168 Å². The van der Waals surface area contributed by atoms with Gasteiger partial charge in [-0.25, -0.2) is 0 Å². The molecule has 2 atom stereocenters. The fraction of sp³-hybridized carbons (Fsp3) is 0.756. The molecule has 0 rings (SSSR count). The van der Waals surface area contributed by atoms with Gasteiger partial charge in [0.1, 0.15) is 12.6 Å². The number of carboxylic acids is 1. The fourth-order valence-electron chi connectivity index (χ4n) is 5.89. The summed E-state index contributed by atoms with van der Waals surface area (Å²) in [5, 5.41) is 11.6.